The molecular weight excluding hydrogens is 210 g/mol. The van der Waals surface area contributed by atoms with Gasteiger partial charge in [0.05, 0.1) is 11.0 Å². The minimum absolute atomic E-state index is 0.193. The summed E-state index contributed by atoms with van der Waals surface area (Å²) in [6, 6.07) is -0.193. The molecule has 0 aromatic rings. The normalized spacial score (nSPS) is 16.3. The Labute approximate surface area is 94.4 Å². The summed E-state index contributed by atoms with van der Waals surface area (Å²) in [5, 5.41) is -0.344. The predicted octanol–water partition coefficient (Wildman–Crippen LogP) is 2.11. The molecule has 0 fully saturated rings. The highest BCUT2D eigenvalue weighted by Crippen LogP contribution is 2.15. The number of unbranched alkanes of at least 4 members (excludes halogenated alkanes) is 1. The van der Waals surface area contributed by atoms with Crippen molar-refractivity contribution in [3.05, 3.63) is 0 Å². The van der Waals surface area contributed by atoms with Crippen molar-refractivity contribution >= 4 is 9.84 Å². The molecule has 0 aromatic carbocycles. The van der Waals surface area contributed by atoms with Gasteiger partial charge in [0.2, 0.25) is 0 Å². The van der Waals surface area contributed by atoms with Crippen molar-refractivity contribution < 1.29 is 8.42 Å². The molecule has 0 aromatic heterocycles. The summed E-state index contributed by atoms with van der Waals surface area (Å²) in [5.74, 6) is 0.291. The van der Waals surface area contributed by atoms with E-state index < -0.39 is 9.84 Å². The first-order chi connectivity index (χ1) is 6.99. The summed E-state index contributed by atoms with van der Waals surface area (Å²) in [7, 11) is -2.98. The van der Waals surface area contributed by atoms with Gasteiger partial charge in [-0.05, 0) is 19.3 Å². The lowest BCUT2D eigenvalue weighted by Crippen LogP contribution is -2.41. The summed E-state index contributed by atoms with van der Waals surface area (Å²) < 4.78 is 23.9. The molecule has 0 aliphatic rings. The van der Waals surface area contributed by atoms with Crippen LogP contribution in [0.4, 0.5) is 0 Å². The highest BCUT2D eigenvalue weighted by Gasteiger charge is 2.28. The quantitative estimate of drug-likeness (QED) is 0.701. The van der Waals surface area contributed by atoms with Gasteiger partial charge in [-0.3, -0.25) is 0 Å². The van der Waals surface area contributed by atoms with Gasteiger partial charge < -0.3 is 5.73 Å². The van der Waals surface area contributed by atoms with Gasteiger partial charge in [0.15, 0.2) is 9.84 Å². The average molecular weight is 235 g/mol. The van der Waals surface area contributed by atoms with Gasteiger partial charge in [-0.1, -0.05) is 33.6 Å². The Kier molecular flexibility index (Phi) is 7.18. The lowest BCUT2D eigenvalue weighted by atomic mass is 10.1. The summed E-state index contributed by atoms with van der Waals surface area (Å²) >= 11 is 0. The van der Waals surface area contributed by atoms with E-state index in [1.165, 1.54) is 0 Å². The maximum atomic E-state index is 12.0. The molecule has 2 N–H and O–H groups in total. The number of sulfone groups is 1. The van der Waals surface area contributed by atoms with Crippen molar-refractivity contribution in [3.63, 3.8) is 0 Å². The van der Waals surface area contributed by atoms with Gasteiger partial charge in [-0.25, -0.2) is 8.42 Å². The van der Waals surface area contributed by atoms with Crippen LogP contribution in [-0.4, -0.2) is 25.5 Å². The fourth-order valence-corrected chi connectivity index (χ4v) is 4.01. The molecule has 0 saturated heterocycles. The standard InChI is InChI=1S/C11H25NO2S/c1-4-7-9-15(13,14)11(6-3)10(12)8-5-2/h10-11H,4-9,12H2,1-3H3. The van der Waals surface area contributed by atoms with Crippen LogP contribution in [0, 0.1) is 0 Å². The molecule has 0 bridgehead atoms. The van der Waals surface area contributed by atoms with E-state index in [1.54, 1.807) is 0 Å². The molecule has 0 rings (SSSR count). The molecule has 0 saturated carbocycles. The van der Waals surface area contributed by atoms with Crippen LogP contribution in [0.1, 0.15) is 52.9 Å². The lowest BCUT2D eigenvalue weighted by Gasteiger charge is -2.22. The third-order valence-corrected chi connectivity index (χ3v) is 5.21. The molecule has 4 heteroatoms. The Morgan fingerprint density at radius 1 is 1.13 bits per heavy atom. The summed E-state index contributed by atoms with van der Waals surface area (Å²) in [4.78, 5) is 0. The second kappa shape index (κ2) is 7.23. The van der Waals surface area contributed by atoms with Crippen LogP contribution in [-0.2, 0) is 9.84 Å². The van der Waals surface area contributed by atoms with Gasteiger partial charge in [-0.2, -0.15) is 0 Å². The fraction of sp³-hybridized carbons (Fsp3) is 1.00. The zero-order valence-corrected chi connectivity index (χ0v) is 11.0. The van der Waals surface area contributed by atoms with Gasteiger partial charge in [0.1, 0.15) is 0 Å². The molecule has 0 spiro atoms. The van der Waals surface area contributed by atoms with Crippen LogP contribution in [0.2, 0.25) is 0 Å². The summed E-state index contributed by atoms with van der Waals surface area (Å²) in [5.41, 5.74) is 5.92. The first-order valence-electron chi connectivity index (χ1n) is 5.96. The molecule has 0 aliphatic heterocycles. The van der Waals surface area contributed by atoms with E-state index in [4.69, 9.17) is 5.73 Å². The maximum Gasteiger partial charge on any atom is 0.154 e. The minimum atomic E-state index is -2.98. The molecule has 2 atom stereocenters. The summed E-state index contributed by atoms with van der Waals surface area (Å²) in [6.45, 7) is 5.94. The van der Waals surface area contributed by atoms with Crippen LogP contribution in [0.15, 0.2) is 0 Å². The van der Waals surface area contributed by atoms with Gasteiger partial charge >= 0.3 is 0 Å². The third kappa shape index (κ3) is 4.98. The monoisotopic (exact) mass is 235 g/mol. The van der Waals surface area contributed by atoms with Gasteiger partial charge in [0, 0.05) is 6.04 Å². The number of hydrogen-bond acceptors (Lipinski definition) is 3. The Bertz CT molecular complexity index is 249. The van der Waals surface area contributed by atoms with Crippen LogP contribution in [0.5, 0.6) is 0 Å². The van der Waals surface area contributed by atoms with E-state index in [9.17, 15) is 8.42 Å². The molecule has 0 heterocycles. The van der Waals surface area contributed by atoms with Crippen LogP contribution in [0.3, 0.4) is 0 Å². The average Bonchev–Trinajstić information content (AvgIpc) is 2.16. The molecular formula is C11H25NO2S. The van der Waals surface area contributed by atoms with Crippen molar-refractivity contribution in [2.45, 2.75) is 64.2 Å². The Morgan fingerprint density at radius 2 is 1.73 bits per heavy atom. The molecule has 3 nitrogen and oxygen atoms in total. The Morgan fingerprint density at radius 3 is 2.13 bits per heavy atom. The zero-order valence-electron chi connectivity index (χ0n) is 10.2. The molecule has 0 aliphatic carbocycles. The van der Waals surface area contributed by atoms with Crippen LogP contribution in [0.25, 0.3) is 0 Å². The maximum absolute atomic E-state index is 12.0. The zero-order chi connectivity index (χ0) is 11.9. The highest BCUT2D eigenvalue weighted by molar-refractivity contribution is 7.92. The van der Waals surface area contributed by atoms with Crippen molar-refractivity contribution in [2.24, 2.45) is 5.73 Å². The van der Waals surface area contributed by atoms with Crippen molar-refractivity contribution in [3.8, 4) is 0 Å². The lowest BCUT2D eigenvalue weighted by molar-refractivity contribution is 0.515. The summed E-state index contributed by atoms with van der Waals surface area (Å²) in [6.07, 6.45) is 4.04. The van der Waals surface area contributed by atoms with Crippen LogP contribution < -0.4 is 5.73 Å². The van der Waals surface area contributed by atoms with E-state index >= 15 is 0 Å². The topological polar surface area (TPSA) is 60.2 Å². The van der Waals surface area contributed by atoms with E-state index in [-0.39, 0.29) is 11.3 Å². The highest BCUT2D eigenvalue weighted by atomic mass is 32.2. The molecule has 92 valence electrons. The second-order valence-corrected chi connectivity index (χ2v) is 6.46. The fourth-order valence-electron chi connectivity index (χ4n) is 1.84. The Hall–Kier alpha value is -0.0900. The molecule has 15 heavy (non-hydrogen) atoms. The molecule has 2 unspecified atom stereocenters. The van der Waals surface area contributed by atoms with Gasteiger partial charge in [-0.15, -0.1) is 0 Å². The minimum Gasteiger partial charge on any atom is -0.327 e. The van der Waals surface area contributed by atoms with Gasteiger partial charge in [0.25, 0.3) is 0 Å². The van der Waals surface area contributed by atoms with E-state index in [0.717, 1.165) is 25.7 Å². The third-order valence-electron chi connectivity index (χ3n) is 2.75. The largest absolute Gasteiger partial charge is 0.327 e. The Balaban J connectivity index is 4.50. The second-order valence-electron chi connectivity index (χ2n) is 4.12. The smallest absolute Gasteiger partial charge is 0.154 e. The van der Waals surface area contributed by atoms with Crippen molar-refractivity contribution in [2.75, 3.05) is 5.75 Å². The van der Waals surface area contributed by atoms with E-state index in [1.807, 2.05) is 20.8 Å². The SMILES string of the molecule is CCCCS(=O)(=O)C(CC)C(N)CCC. The first kappa shape index (κ1) is 14.9. The van der Waals surface area contributed by atoms with E-state index in [2.05, 4.69) is 0 Å². The van der Waals surface area contributed by atoms with Crippen LogP contribution >= 0.6 is 0 Å². The first-order valence-corrected chi connectivity index (χ1v) is 7.68. The number of nitrogens with two attached hydrogens (primary N) is 1. The number of hydrogen-bond donors (Lipinski definition) is 1. The van der Waals surface area contributed by atoms with E-state index in [0.29, 0.717) is 12.2 Å². The molecule has 0 radical (unpaired) electrons. The molecule has 0 amide bonds. The van der Waals surface area contributed by atoms with Crippen molar-refractivity contribution in [1.29, 1.82) is 0 Å². The number of rotatable bonds is 8. The predicted molar refractivity (Wildman–Crippen MR) is 65.7 cm³/mol. The van der Waals surface area contributed by atoms with Crippen molar-refractivity contribution in [1.82, 2.24) is 0 Å².